The van der Waals surface area contributed by atoms with E-state index in [2.05, 4.69) is 11.9 Å². The van der Waals surface area contributed by atoms with E-state index in [1.54, 1.807) is 28.8 Å². The number of aromatic nitrogens is 1. The van der Waals surface area contributed by atoms with Crippen molar-refractivity contribution in [1.29, 1.82) is 0 Å². The number of ether oxygens (including phenoxy) is 1. The van der Waals surface area contributed by atoms with Crippen LogP contribution in [0.15, 0.2) is 55.1 Å². The number of nitrogens with one attached hydrogen (secondary N) is 1. The highest BCUT2D eigenvalue weighted by Gasteiger charge is 2.20. The number of rotatable bonds is 8. The molecular formula is C23H24F2N2O2. The first kappa shape index (κ1) is 20.6. The molecule has 3 aromatic rings. The van der Waals surface area contributed by atoms with Gasteiger partial charge in [0.2, 0.25) is 0 Å². The number of halogens is 2. The lowest BCUT2D eigenvalue weighted by molar-refractivity contribution is 0.0930. The van der Waals surface area contributed by atoms with Crippen molar-refractivity contribution in [3.63, 3.8) is 0 Å². The van der Waals surface area contributed by atoms with Crippen molar-refractivity contribution in [3.8, 4) is 5.75 Å². The summed E-state index contributed by atoms with van der Waals surface area (Å²) in [6.07, 6.45) is 2.41. The topological polar surface area (TPSA) is 43.3 Å². The Morgan fingerprint density at radius 3 is 2.79 bits per heavy atom. The highest BCUT2D eigenvalue weighted by atomic mass is 19.1. The predicted molar refractivity (Wildman–Crippen MR) is 110 cm³/mol. The summed E-state index contributed by atoms with van der Waals surface area (Å²) in [4.78, 5) is 12.9. The van der Waals surface area contributed by atoms with Gasteiger partial charge in [-0.1, -0.05) is 25.6 Å². The molecule has 29 heavy (non-hydrogen) atoms. The standard InChI is InChI=1S/C23H24F2N2O2/c1-4-11-29-22-8-6-7-20-18(22)13-21(23(28)26-15(3)5-2)27(20)14-16-12-17(24)9-10-19(16)25/h4,6-10,12-13,15H,1,5,11,14H2,2-3H3,(H,26,28). The summed E-state index contributed by atoms with van der Waals surface area (Å²) in [5, 5.41) is 3.66. The zero-order valence-corrected chi connectivity index (χ0v) is 16.5. The van der Waals surface area contributed by atoms with E-state index in [1.165, 1.54) is 0 Å². The quantitative estimate of drug-likeness (QED) is 0.539. The fourth-order valence-corrected chi connectivity index (χ4v) is 3.12. The molecule has 0 aliphatic carbocycles. The van der Waals surface area contributed by atoms with Crippen LogP contribution in [0.5, 0.6) is 5.75 Å². The third-order valence-electron chi connectivity index (χ3n) is 4.82. The van der Waals surface area contributed by atoms with Gasteiger partial charge in [-0.3, -0.25) is 4.79 Å². The van der Waals surface area contributed by atoms with Crippen molar-refractivity contribution in [2.24, 2.45) is 0 Å². The Hall–Kier alpha value is -3.15. The van der Waals surface area contributed by atoms with E-state index >= 15 is 0 Å². The van der Waals surface area contributed by atoms with Gasteiger partial charge in [0.15, 0.2) is 0 Å². The van der Waals surface area contributed by atoms with Crippen LogP contribution in [0.3, 0.4) is 0 Å². The van der Waals surface area contributed by atoms with Crippen molar-refractivity contribution in [2.45, 2.75) is 32.9 Å². The first-order valence-corrected chi connectivity index (χ1v) is 9.55. The summed E-state index contributed by atoms with van der Waals surface area (Å²) in [5.74, 6) is -0.737. The lowest BCUT2D eigenvalue weighted by Gasteiger charge is -2.15. The minimum atomic E-state index is -0.529. The molecule has 0 saturated heterocycles. The SMILES string of the molecule is C=CCOc1cccc2c1cc(C(=O)NC(C)CC)n2Cc1cc(F)ccc1F. The van der Waals surface area contributed by atoms with Crippen molar-refractivity contribution >= 4 is 16.8 Å². The van der Waals surface area contributed by atoms with E-state index in [4.69, 9.17) is 4.74 Å². The molecule has 0 aliphatic heterocycles. The second-order valence-electron chi connectivity index (χ2n) is 6.92. The maximum absolute atomic E-state index is 14.3. The van der Waals surface area contributed by atoms with Crippen LogP contribution in [0.1, 0.15) is 36.3 Å². The number of hydrogen-bond acceptors (Lipinski definition) is 2. The fourth-order valence-electron chi connectivity index (χ4n) is 3.12. The number of carbonyl (C=O) groups is 1. The molecule has 2 aromatic carbocycles. The summed E-state index contributed by atoms with van der Waals surface area (Å²) in [7, 11) is 0. The van der Waals surface area contributed by atoms with E-state index in [1.807, 2.05) is 19.9 Å². The minimum absolute atomic E-state index is 0.0151. The highest BCUT2D eigenvalue weighted by Crippen LogP contribution is 2.30. The maximum atomic E-state index is 14.3. The number of benzene rings is 2. The average molecular weight is 398 g/mol. The summed E-state index contributed by atoms with van der Waals surface area (Å²) < 4.78 is 35.4. The van der Waals surface area contributed by atoms with Gasteiger partial charge < -0.3 is 14.6 Å². The maximum Gasteiger partial charge on any atom is 0.268 e. The molecule has 1 N–H and O–H groups in total. The number of amides is 1. The Labute approximate surface area is 168 Å². The molecule has 1 atom stereocenters. The zero-order valence-electron chi connectivity index (χ0n) is 16.5. The molecule has 0 spiro atoms. The molecule has 4 nitrogen and oxygen atoms in total. The van der Waals surface area contributed by atoms with Gasteiger partial charge >= 0.3 is 0 Å². The average Bonchev–Trinajstić information content (AvgIpc) is 3.08. The van der Waals surface area contributed by atoms with Crippen LogP contribution in [-0.4, -0.2) is 23.1 Å². The molecule has 3 rings (SSSR count). The van der Waals surface area contributed by atoms with Crippen LogP contribution in [0.25, 0.3) is 10.9 Å². The van der Waals surface area contributed by atoms with E-state index in [0.717, 1.165) is 30.0 Å². The molecule has 1 heterocycles. The van der Waals surface area contributed by atoms with E-state index in [0.29, 0.717) is 23.6 Å². The second-order valence-corrected chi connectivity index (χ2v) is 6.92. The second kappa shape index (κ2) is 8.90. The summed E-state index contributed by atoms with van der Waals surface area (Å²) >= 11 is 0. The third-order valence-corrected chi connectivity index (χ3v) is 4.82. The van der Waals surface area contributed by atoms with Gasteiger partial charge in [-0.2, -0.15) is 0 Å². The van der Waals surface area contributed by atoms with E-state index < -0.39 is 11.6 Å². The van der Waals surface area contributed by atoms with Crippen molar-refractivity contribution in [1.82, 2.24) is 9.88 Å². The Kier molecular flexibility index (Phi) is 6.32. The molecule has 1 unspecified atom stereocenters. The molecule has 0 fully saturated rings. The molecule has 0 aliphatic rings. The van der Waals surface area contributed by atoms with Crippen molar-refractivity contribution in [3.05, 3.63) is 78.0 Å². The zero-order chi connectivity index (χ0) is 21.0. The largest absolute Gasteiger partial charge is 0.489 e. The van der Waals surface area contributed by atoms with Crippen molar-refractivity contribution in [2.75, 3.05) is 6.61 Å². The molecule has 152 valence electrons. The Bertz CT molecular complexity index is 1040. The van der Waals surface area contributed by atoms with Gasteiger partial charge in [0.25, 0.3) is 5.91 Å². The third kappa shape index (κ3) is 4.47. The normalized spacial score (nSPS) is 12.0. The Balaban J connectivity index is 2.13. The summed E-state index contributed by atoms with van der Waals surface area (Å²) in [6, 6.07) is 10.4. The fraction of sp³-hybridized carbons (Fsp3) is 0.261. The van der Waals surface area contributed by atoms with Gasteiger partial charge in [0.05, 0.1) is 12.1 Å². The highest BCUT2D eigenvalue weighted by molar-refractivity contribution is 6.00. The first-order valence-electron chi connectivity index (χ1n) is 9.55. The molecule has 0 saturated carbocycles. The van der Waals surface area contributed by atoms with E-state index in [-0.39, 0.29) is 24.1 Å². The van der Waals surface area contributed by atoms with Crippen LogP contribution in [0, 0.1) is 11.6 Å². The summed E-state index contributed by atoms with van der Waals surface area (Å²) in [5.41, 5.74) is 1.22. The lowest BCUT2D eigenvalue weighted by Crippen LogP contribution is -2.33. The molecular weight excluding hydrogens is 374 g/mol. The number of nitrogens with zero attached hydrogens (tertiary/aromatic N) is 1. The molecule has 1 amide bonds. The lowest BCUT2D eigenvalue weighted by atomic mass is 10.2. The van der Waals surface area contributed by atoms with Crippen LogP contribution in [-0.2, 0) is 6.54 Å². The first-order chi connectivity index (χ1) is 13.9. The molecule has 6 heteroatoms. The van der Waals surface area contributed by atoms with Gasteiger partial charge in [-0.25, -0.2) is 8.78 Å². The smallest absolute Gasteiger partial charge is 0.268 e. The van der Waals surface area contributed by atoms with Crippen LogP contribution < -0.4 is 10.1 Å². The molecule has 0 bridgehead atoms. The van der Waals surface area contributed by atoms with Gasteiger partial charge in [0.1, 0.15) is 29.7 Å². The number of hydrogen-bond donors (Lipinski definition) is 1. The van der Waals surface area contributed by atoms with Crippen LogP contribution in [0.2, 0.25) is 0 Å². The monoisotopic (exact) mass is 398 g/mol. The minimum Gasteiger partial charge on any atom is -0.489 e. The number of fused-ring (bicyclic) bond motifs is 1. The number of carbonyl (C=O) groups excluding carboxylic acids is 1. The van der Waals surface area contributed by atoms with Crippen molar-refractivity contribution < 1.29 is 18.3 Å². The van der Waals surface area contributed by atoms with Crippen LogP contribution in [0.4, 0.5) is 8.78 Å². The van der Waals surface area contributed by atoms with Crippen LogP contribution >= 0.6 is 0 Å². The van der Waals surface area contributed by atoms with E-state index in [9.17, 15) is 13.6 Å². The Morgan fingerprint density at radius 2 is 2.07 bits per heavy atom. The summed E-state index contributed by atoms with van der Waals surface area (Å²) in [6.45, 7) is 7.87. The predicted octanol–water partition coefficient (Wildman–Crippen LogP) is 5.06. The molecule has 0 radical (unpaired) electrons. The van der Waals surface area contributed by atoms with Gasteiger partial charge in [-0.05, 0) is 49.7 Å². The van der Waals surface area contributed by atoms with Gasteiger partial charge in [-0.15, -0.1) is 0 Å². The Morgan fingerprint density at radius 1 is 1.28 bits per heavy atom. The van der Waals surface area contributed by atoms with Gasteiger partial charge in [0, 0.05) is 17.0 Å². The molecule has 1 aromatic heterocycles.